The van der Waals surface area contributed by atoms with E-state index >= 15 is 4.39 Å². The number of rotatable bonds is 6. The Morgan fingerprint density at radius 2 is 2.02 bits per heavy atom. The van der Waals surface area contributed by atoms with Gasteiger partial charge in [-0.3, -0.25) is 19.0 Å². The number of aromatic nitrogens is 1. The summed E-state index contributed by atoms with van der Waals surface area (Å²) in [6, 6.07) is 6.05. The maximum atomic E-state index is 15.2. The second kappa shape index (κ2) is 11.6. The summed E-state index contributed by atoms with van der Waals surface area (Å²) in [6.45, 7) is 7.53. The molecule has 0 N–H and O–H groups in total. The molecule has 0 radical (unpaired) electrons. The molecule has 2 fully saturated rings. The zero-order valence-corrected chi connectivity index (χ0v) is 24.9. The summed E-state index contributed by atoms with van der Waals surface area (Å²) in [6.07, 6.45) is 2.90. The summed E-state index contributed by atoms with van der Waals surface area (Å²) in [5, 5.41) is 10.9. The normalized spacial score (nSPS) is 19.7. The molecule has 12 heteroatoms. The molecule has 3 aliphatic rings. The number of anilines is 1. The van der Waals surface area contributed by atoms with Crippen molar-refractivity contribution in [2.24, 2.45) is 0 Å². The highest BCUT2D eigenvalue weighted by Crippen LogP contribution is 2.48. The summed E-state index contributed by atoms with van der Waals surface area (Å²) in [5.74, 6) is -1.61. The van der Waals surface area contributed by atoms with Gasteiger partial charge in [0.15, 0.2) is 5.75 Å². The molecule has 0 bridgehead atoms. The van der Waals surface area contributed by atoms with E-state index in [-0.39, 0.29) is 51.9 Å². The monoisotopic (exact) mass is 621 g/mol. The minimum atomic E-state index is -0.847. The van der Waals surface area contributed by atoms with Crippen LogP contribution in [-0.4, -0.2) is 71.6 Å². The van der Waals surface area contributed by atoms with Gasteiger partial charge in [-0.25, -0.2) is 8.78 Å². The second-order valence-electron chi connectivity index (χ2n) is 11.4. The molecular weight excluding hydrogens is 592 g/mol. The van der Waals surface area contributed by atoms with Crippen LogP contribution in [0.15, 0.2) is 41.7 Å². The van der Waals surface area contributed by atoms with Crippen molar-refractivity contribution in [3.8, 4) is 22.9 Å². The standard InChI is InChI=1S/C32H30ClF2N5O4/c1-3-26(41)38-11-12-39(18(2)16-38)29-22-14-24(33)28(21-7-6-19(34)13-25(21)35)31-30(22)40(32(43)23(29)15-36)20(17-44-31)8-10-37-9-4-5-27(37)42/h3,6-7,13-14,18,20H,1,4-5,8-12,16-17H2,2H3/t18-,20?/m0/s1. The number of carbonyl (C=O) groups is 2. The van der Waals surface area contributed by atoms with Gasteiger partial charge >= 0.3 is 0 Å². The van der Waals surface area contributed by atoms with E-state index in [1.54, 1.807) is 15.9 Å². The first kappa shape index (κ1) is 29.6. The van der Waals surface area contributed by atoms with Crippen molar-refractivity contribution < 1.29 is 23.1 Å². The third kappa shape index (κ3) is 4.87. The van der Waals surface area contributed by atoms with Crippen LogP contribution in [0.25, 0.3) is 22.0 Å². The maximum absolute atomic E-state index is 15.2. The van der Waals surface area contributed by atoms with Gasteiger partial charge in [-0.05, 0) is 44.0 Å². The molecule has 228 valence electrons. The molecule has 2 aromatic carbocycles. The summed E-state index contributed by atoms with van der Waals surface area (Å²) in [5.41, 5.74) is 0.247. The number of amides is 2. The molecule has 0 spiro atoms. The fraction of sp³-hybridized carbons (Fsp3) is 0.375. The molecule has 3 aliphatic heterocycles. The summed E-state index contributed by atoms with van der Waals surface area (Å²) in [7, 11) is 0. The van der Waals surface area contributed by atoms with Crippen LogP contribution in [0.2, 0.25) is 5.02 Å². The summed E-state index contributed by atoms with van der Waals surface area (Å²) >= 11 is 6.84. The average Bonchev–Trinajstić information content (AvgIpc) is 3.42. The number of nitriles is 1. The predicted molar refractivity (Wildman–Crippen MR) is 162 cm³/mol. The van der Waals surface area contributed by atoms with E-state index in [1.807, 2.05) is 11.8 Å². The van der Waals surface area contributed by atoms with Gasteiger partial charge in [-0.15, -0.1) is 0 Å². The lowest BCUT2D eigenvalue weighted by Crippen LogP contribution is -2.54. The van der Waals surface area contributed by atoms with Crippen LogP contribution in [0.5, 0.6) is 5.75 Å². The quantitative estimate of drug-likeness (QED) is 0.372. The molecule has 4 heterocycles. The van der Waals surface area contributed by atoms with Crippen LogP contribution in [0.3, 0.4) is 0 Å². The number of nitrogens with zero attached hydrogens (tertiary/aromatic N) is 5. The lowest BCUT2D eigenvalue weighted by Gasteiger charge is -2.42. The summed E-state index contributed by atoms with van der Waals surface area (Å²) < 4.78 is 36.8. The molecule has 3 aromatic rings. The molecule has 9 nitrogen and oxygen atoms in total. The van der Waals surface area contributed by atoms with Crippen molar-refractivity contribution in [3.05, 3.63) is 69.5 Å². The van der Waals surface area contributed by atoms with Crippen molar-refractivity contribution in [2.75, 3.05) is 44.2 Å². The van der Waals surface area contributed by atoms with Crippen molar-refractivity contribution >= 4 is 40.0 Å². The molecule has 1 aromatic heterocycles. The van der Waals surface area contributed by atoms with Crippen molar-refractivity contribution in [3.63, 3.8) is 0 Å². The van der Waals surface area contributed by atoms with Gasteiger partial charge in [-0.1, -0.05) is 18.2 Å². The number of pyridine rings is 1. The predicted octanol–water partition coefficient (Wildman–Crippen LogP) is 4.64. The van der Waals surface area contributed by atoms with Gasteiger partial charge in [0.2, 0.25) is 11.8 Å². The smallest absolute Gasteiger partial charge is 0.271 e. The Labute approximate surface area is 257 Å². The molecule has 0 saturated carbocycles. The molecule has 2 amide bonds. The van der Waals surface area contributed by atoms with E-state index in [0.717, 1.165) is 18.6 Å². The molecule has 44 heavy (non-hydrogen) atoms. The minimum Gasteiger partial charge on any atom is -0.488 e. The number of halogens is 3. The Hall–Kier alpha value is -4.43. The Morgan fingerprint density at radius 1 is 1.23 bits per heavy atom. The van der Waals surface area contributed by atoms with Crippen LogP contribution in [0, 0.1) is 23.0 Å². The Kier molecular flexibility index (Phi) is 7.80. The van der Waals surface area contributed by atoms with Gasteiger partial charge < -0.3 is 19.4 Å². The lowest BCUT2D eigenvalue weighted by atomic mass is 9.96. The van der Waals surface area contributed by atoms with E-state index in [4.69, 9.17) is 16.3 Å². The van der Waals surface area contributed by atoms with Gasteiger partial charge in [0.05, 0.1) is 22.3 Å². The topological polar surface area (TPSA) is 98.9 Å². The van der Waals surface area contributed by atoms with Crippen molar-refractivity contribution in [2.45, 2.75) is 38.3 Å². The van der Waals surface area contributed by atoms with Gasteiger partial charge in [0.25, 0.3) is 5.56 Å². The van der Waals surface area contributed by atoms with Crippen LogP contribution >= 0.6 is 11.6 Å². The Bertz CT molecular complexity index is 1820. The third-order valence-electron chi connectivity index (χ3n) is 8.77. The molecule has 6 rings (SSSR count). The Morgan fingerprint density at radius 3 is 2.68 bits per heavy atom. The first-order valence-electron chi connectivity index (χ1n) is 14.5. The first-order chi connectivity index (χ1) is 21.1. The van der Waals surface area contributed by atoms with Crippen LogP contribution in [-0.2, 0) is 9.59 Å². The number of likely N-dealkylation sites (tertiary alicyclic amines) is 1. The lowest BCUT2D eigenvalue weighted by molar-refractivity contribution is -0.128. The SMILES string of the molecule is C=CC(=O)N1CCN(c2c(C#N)c(=O)n3c4c(c(-c5ccc(F)cc5F)c(Cl)cc24)OCC3CCN2CCCC2=O)[C@@H](C)C1. The van der Waals surface area contributed by atoms with Crippen LogP contribution in [0.1, 0.15) is 37.8 Å². The number of piperazine rings is 1. The van der Waals surface area contributed by atoms with Crippen LogP contribution < -0.4 is 15.2 Å². The zero-order chi connectivity index (χ0) is 31.3. The highest BCUT2D eigenvalue weighted by molar-refractivity contribution is 6.35. The van der Waals surface area contributed by atoms with Gasteiger partial charge in [0.1, 0.15) is 29.9 Å². The maximum Gasteiger partial charge on any atom is 0.271 e. The molecule has 2 atom stereocenters. The average molecular weight is 622 g/mol. The molecular formula is C32H30ClF2N5O4. The number of ether oxygens (including phenoxy) is 1. The van der Waals surface area contributed by atoms with E-state index in [2.05, 4.69) is 12.6 Å². The number of hydrogen-bond acceptors (Lipinski definition) is 6. The highest BCUT2D eigenvalue weighted by Gasteiger charge is 2.36. The van der Waals surface area contributed by atoms with E-state index in [0.29, 0.717) is 62.2 Å². The van der Waals surface area contributed by atoms with Crippen LogP contribution in [0.4, 0.5) is 14.5 Å². The zero-order valence-electron chi connectivity index (χ0n) is 24.1. The van der Waals surface area contributed by atoms with Gasteiger partial charge in [-0.2, -0.15) is 5.26 Å². The van der Waals surface area contributed by atoms with E-state index in [9.17, 15) is 24.0 Å². The number of hydrogen-bond donors (Lipinski definition) is 0. The molecule has 2 saturated heterocycles. The third-order valence-corrected chi connectivity index (χ3v) is 9.07. The van der Waals surface area contributed by atoms with Crippen molar-refractivity contribution in [1.29, 1.82) is 5.26 Å². The molecule has 1 unspecified atom stereocenters. The first-order valence-corrected chi connectivity index (χ1v) is 14.9. The van der Waals surface area contributed by atoms with E-state index < -0.39 is 23.2 Å². The van der Waals surface area contributed by atoms with Crippen molar-refractivity contribution in [1.82, 2.24) is 14.4 Å². The second-order valence-corrected chi connectivity index (χ2v) is 11.8. The number of benzene rings is 2. The largest absolute Gasteiger partial charge is 0.488 e. The highest BCUT2D eigenvalue weighted by atomic mass is 35.5. The van der Waals surface area contributed by atoms with E-state index in [1.165, 1.54) is 16.7 Å². The van der Waals surface area contributed by atoms with Gasteiger partial charge in [0, 0.05) is 67.8 Å². The minimum absolute atomic E-state index is 0.00393. The molecule has 0 aliphatic carbocycles. The number of carbonyl (C=O) groups excluding carboxylic acids is 2. The fourth-order valence-corrected chi connectivity index (χ4v) is 6.95. The summed E-state index contributed by atoms with van der Waals surface area (Å²) in [4.78, 5) is 44.2. The Balaban J connectivity index is 1.57. The fourth-order valence-electron chi connectivity index (χ4n) is 6.66.